The molecule has 2 nitrogen and oxygen atoms in total. The van der Waals surface area contributed by atoms with Crippen LogP contribution >= 0.6 is 49.9 Å². The molecule has 1 amide bonds. The Labute approximate surface area is 129 Å². The zero-order valence-corrected chi connectivity index (χ0v) is 14.8. The lowest BCUT2D eigenvalue weighted by molar-refractivity contribution is 0.0901. The maximum absolute atomic E-state index is 12.1. The fourth-order valence-electron chi connectivity index (χ4n) is 1.50. The molecule has 0 aliphatic carbocycles. The molecule has 1 N–H and O–H groups in total. The Morgan fingerprint density at radius 2 is 2.24 bits per heavy atom. The second kappa shape index (κ2) is 6.52. The van der Waals surface area contributed by atoms with Gasteiger partial charge in [-0.15, -0.1) is 11.3 Å². The molecule has 0 saturated heterocycles. The summed E-state index contributed by atoms with van der Waals surface area (Å²) >= 11 is 7.27. The standard InChI is InChI=1S/C12H17BrINOS/c1-12(2,3)9(4-5-13)15-11(16)8-6-10(14)17-7-8/h6-7,9H,4-5H2,1-3H3,(H,15,16). The van der Waals surface area contributed by atoms with Gasteiger partial charge in [0.05, 0.1) is 8.45 Å². The van der Waals surface area contributed by atoms with Crippen LogP contribution < -0.4 is 5.32 Å². The topological polar surface area (TPSA) is 29.1 Å². The summed E-state index contributed by atoms with van der Waals surface area (Å²) in [6.45, 7) is 6.45. The number of hydrogen-bond donors (Lipinski definition) is 1. The molecule has 0 aliphatic rings. The van der Waals surface area contributed by atoms with E-state index in [1.54, 1.807) is 11.3 Å². The Morgan fingerprint density at radius 3 is 2.65 bits per heavy atom. The van der Waals surface area contributed by atoms with Gasteiger partial charge in [0.15, 0.2) is 0 Å². The van der Waals surface area contributed by atoms with Gasteiger partial charge in [0.1, 0.15) is 0 Å². The van der Waals surface area contributed by atoms with E-state index >= 15 is 0 Å². The van der Waals surface area contributed by atoms with Crippen LogP contribution in [-0.2, 0) is 0 Å². The van der Waals surface area contributed by atoms with E-state index in [4.69, 9.17) is 0 Å². The smallest absolute Gasteiger partial charge is 0.252 e. The monoisotopic (exact) mass is 429 g/mol. The zero-order chi connectivity index (χ0) is 13.1. The van der Waals surface area contributed by atoms with Crippen molar-refractivity contribution in [3.63, 3.8) is 0 Å². The van der Waals surface area contributed by atoms with Crippen LogP contribution in [0.5, 0.6) is 0 Å². The molecule has 1 atom stereocenters. The maximum Gasteiger partial charge on any atom is 0.252 e. The minimum atomic E-state index is 0.0324. The molecule has 1 rings (SSSR count). The van der Waals surface area contributed by atoms with Crippen molar-refractivity contribution >= 4 is 55.8 Å². The molecule has 0 aromatic carbocycles. The van der Waals surface area contributed by atoms with Gasteiger partial charge in [0.2, 0.25) is 0 Å². The number of carbonyl (C=O) groups excluding carboxylic acids is 1. The van der Waals surface area contributed by atoms with Crippen molar-refractivity contribution in [1.29, 1.82) is 0 Å². The number of carbonyl (C=O) groups is 1. The number of nitrogens with one attached hydrogen (secondary N) is 1. The van der Waals surface area contributed by atoms with Crippen LogP contribution in [-0.4, -0.2) is 17.3 Å². The summed E-state index contributed by atoms with van der Waals surface area (Å²) in [5.41, 5.74) is 0.843. The third-order valence-corrected chi connectivity index (χ3v) is 4.82. The van der Waals surface area contributed by atoms with E-state index in [0.29, 0.717) is 0 Å². The minimum absolute atomic E-state index is 0.0324. The lowest BCUT2D eigenvalue weighted by Gasteiger charge is -2.31. The quantitative estimate of drug-likeness (QED) is 0.561. The SMILES string of the molecule is CC(C)(C)C(CCBr)NC(=O)c1csc(I)c1. The van der Waals surface area contributed by atoms with E-state index in [1.807, 2.05) is 11.4 Å². The van der Waals surface area contributed by atoms with Gasteiger partial charge >= 0.3 is 0 Å². The van der Waals surface area contributed by atoms with Gasteiger partial charge in [0, 0.05) is 16.8 Å². The number of amides is 1. The minimum Gasteiger partial charge on any atom is -0.349 e. The van der Waals surface area contributed by atoms with Crippen molar-refractivity contribution in [2.24, 2.45) is 5.41 Å². The maximum atomic E-state index is 12.1. The summed E-state index contributed by atoms with van der Waals surface area (Å²) in [6, 6.07) is 2.11. The molecule has 1 heterocycles. The van der Waals surface area contributed by atoms with Crippen molar-refractivity contribution in [2.75, 3.05) is 5.33 Å². The number of alkyl halides is 1. The molecule has 0 saturated carbocycles. The van der Waals surface area contributed by atoms with E-state index in [9.17, 15) is 4.79 Å². The number of thiophene rings is 1. The van der Waals surface area contributed by atoms with Crippen LogP contribution in [0.4, 0.5) is 0 Å². The molecule has 0 fully saturated rings. The van der Waals surface area contributed by atoms with Gasteiger partial charge in [0.25, 0.3) is 5.91 Å². The molecule has 0 aliphatic heterocycles. The zero-order valence-electron chi connectivity index (χ0n) is 10.2. The van der Waals surface area contributed by atoms with Crippen molar-refractivity contribution in [1.82, 2.24) is 5.32 Å². The molecule has 1 unspecified atom stereocenters. The van der Waals surface area contributed by atoms with Crippen LogP contribution in [0.3, 0.4) is 0 Å². The van der Waals surface area contributed by atoms with Crippen molar-refractivity contribution < 1.29 is 4.79 Å². The van der Waals surface area contributed by atoms with Crippen molar-refractivity contribution in [3.8, 4) is 0 Å². The third-order valence-electron chi connectivity index (χ3n) is 2.58. The fourth-order valence-corrected chi connectivity index (χ4v) is 3.29. The molecular weight excluding hydrogens is 413 g/mol. The summed E-state index contributed by atoms with van der Waals surface area (Å²) in [4.78, 5) is 12.1. The fraction of sp³-hybridized carbons (Fsp3) is 0.583. The van der Waals surface area contributed by atoms with E-state index in [-0.39, 0.29) is 17.4 Å². The van der Waals surface area contributed by atoms with Gasteiger partial charge in [-0.25, -0.2) is 0 Å². The predicted octanol–water partition coefficient (Wildman–Crippen LogP) is 4.28. The lowest BCUT2D eigenvalue weighted by atomic mass is 9.85. The summed E-state index contributed by atoms with van der Waals surface area (Å²) in [5.74, 6) is 0.0324. The van der Waals surface area contributed by atoms with Gasteiger partial charge < -0.3 is 5.32 Å². The number of hydrogen-bond acceptors (Lipinski definition) is 2. The molecule has 17 heavy (non-hydrogen) atoms. The van der Waals surface area contributed by atoms with Crippen LogP contribution in [0, 0.1) is 8.30 Å². The average molecular weight is 430 g/mol. The second-order valence-electron chi connectivity index (χ2n) is 5.01. The first-order chi connectivity index (χ1) is 7.84. The number of halogens is 2. The van der Waals surface area contributed by atoms with Gasteiger partial charge in [-0.3, -0.25) is 4.79 Å². The highest BCUT2D eigenvalue weighted by Crippen LogP contribution is 2.23. The van der Waals surface area contributed by atoms with Crippen LogP contribution in [0.1, 0.15) is 37.6 Å². The summed E-state index contributed by atoms with van der Waals surface area (Å²) < 4.78 is 1.14. The molecule has 0 bridgehead atoms. The van der Waals surface area contributed by atoms with Crippen LogP contribution in [0.25, 0.3) is 0 Å². The average Bonchev–Trinajstić information content (AvgIpc) is 2.62. The van der Waals surface area contributed by atoms with Gasteiger partial charge in [-0.05, 0) is 40.5 Å². The van der Waals surface area contributed by atoms with Gasteiger partial charge in [-0.1, -0.05) is 36.7 Å². The predicted molar refractivity (Wildman–Crippen MR) is 86.2 cm³/mol. The highest BCUT2D eigenvalue weighted by molar-refractivity contribution is 14.1. The number of rotatable bonds is 4. The Kier molecular flexibility index (Phi) is 5.92. The third kappa shape index (κ3) is 4.87. The van der Waals surface area contributed by atoms with E-state index < -0.39 is 0 Å². The highest BCUT2D eigenvalue weighted by Gasteiger charge is 2.26. The first-order valence-corrected chi connectivity index (χ1v) is 8.53. The molecule has 0 spiro atoms. The summed E-state index contributed by atoms with van der Waals surface area (Å²) in [5, 5.41) is 5.93. The van der Waals surface area contributed by atoms with Crippen LogP contribution in [0.2, 0.25) is 0 Å². The van der Waals surface area contributed by atoms with Gasteiger partial charge in [-0.2, -0.15) is 0 Å². The molecule has 1 aromatic heterocycles. The largest absolute Gasteiger partial charge is 0.349 e. The molecule has 96 valence electrons. The van der Waals surface area contributed by atoms with Crippen LogP contribution in [0.15, 0.2) is 11.4 Å². The Morgan fingerprint density at radius 1 is 1.59 bits per heavy atom. The van der Waals surface area contributed by atoms with E-state index in [2.05, 4.69) is 64.6 Å². The second-order valence-corrected chi connectivity index (χ2v) is 8.61. The normalized spacial score (nSPS) is 13.5. The van der Waals surface area contributed by atoms with E-state index in [1.165, 1.54) is 0 Å². The van der Waals surface area contributed by atoms with Crippen molar-refractivity contribution in [2.45, 2.75) is 33.2 Å². The molecule has 5 heteroatoms. The molecular formula is C12H17BrINOS. The Hall–Kier alpha value is 0.380. The van der Waals surface area contributed by atoms with Crippen molar-refractivity contribution in [3.05, 3.63) is 19.9 Å². The highest BCUT2D eigenvalue weighted by atomic mass is 127. The first-order valence-electron chi connectivity index (χ1n) is 5.45. The molecule has 1 aromatic rings. The lowest BCUT2D eigenvalue weighted by Crippen LogP contribution is -2.43. The Bertz CT molecular complexity index is 386. The van der Waals surface area contributed by atoms with E-state index in [0.717, 1.165) is 20.2 Å². The summed E-state index contributed by atoms with van der Waals surface area (Å²) in [6.07, 6.45) is 0.941. The first kappa shape index (κ1) is 15.4. The summed E-state index contributed by atoms with van der Waals surface area (Å²) in [7, 11) is 0. The Balaban J connectivity index is 2.71. The molecule has 0 radical (unpaired) electrons.